The van der Waals surface area contributed by atoms with Crippen LogP contribution in [0.2, 0.25) is 0 Å². The lowest BCUT2D eigenvalue weighted by Crippen LogP contribution is -2.27. The van der Waals surface area contributed by atoms with Gasteiger partial charge in [0.1, 0.15) is 11.9 Å². The van der Waals surface area contributed by atoms with E-state index in [4.69, 9.17) is 9.57 Å². The highest BCUT2D eigenvalue weighted by Gasteiger charge is 2.37. The second-order valence-corrected chi connectivity index (χ2v) is 10.7. The van der Waals surface area contributed by atoms with Gasteiger partial charge in [-0.25, -0.2) is 13.4 Å². The average molecular weight is 489 g/mol. The normalized spacial score (nSPS) is 20.8. The first-order chi connectivity index (χ1) is 16.3. The minimum absolute atomic E-state index is 0.0223. The van der Waals surface area contributed by atoms with Crippen molar-refractivity contribution in [3.05, 3.63) is 52.6 Å². The Labute approximate surface area is 197 Å². The van der Waals surface area contributed by atoms with Crippen molar-refractivity contribution < 1.29 is 22.8 Å². The molecule has 0 radical (unpaired) electrons. The van der Waals surface area contributed by atoms with E-state index in [-0.39, 0.29) is 39.4 Å². The van der Waals surface area contributed by atoms with E-state index in [0.717, 1.165) is 19.0 Å². The Hall–Kier alpha value is -3.05. The average Bonchev–Trinajstić information content (AvgIpc) is 3.59. The molecule has 2 saturated carbocycles. The molecule has 4 rings (SSSR count). The van der Waals surface area contributed by atoms with Gasteiger partial charge in [0.15, 0.2) is 15.5 Å². The highest BCUT2D eigenvalue weighted by Crippen LogP contribution is 2.33. The number of aromatic nitrogens is 2. The number of aryl methyl sites for hydroxylation is 1. The Bertz CT molecular complexity index is 1230. The standard InChI is InChI=1S/C23H28N4O6S/c1-3-32-16-6-7-17(12-16)33-26-22(23(29)25-20-14-27(2)21(28)13-24-20)15-4-8-18(9-5-15)34(30,31)19-10-11-19/h4-5,8-9,13-14,16-17,19H,3,6-7,10-12H2,1-2H3,(H,25,29)/b26-22+/t16-,17-/m1/s1. The summed E-state index contributed by atoms with van der Waals surface area (Å²) in [5, 5.41) is 6.45. The third-order valence-electron chi connectivity index (χ3n) is 5.89. The number of nitrogens with one attached hydrogen (secondary N) is 1. The molecule has 2 aliphatic rings. The quantitative estimate of drug-likeness (QED) is 0.422. The number of ether oxygens (including phenoxy) is 1. The summed E-state index contributed by atoms with van der Waals surface area (Å²) in [4.78, 5) is 34.5. The van der Waals surface area contributed by atoms with Crippen molar-refractivity contribution >= 4 is 27.3 Å². The van der Waals surface area contributed by atoms with Crippen LogP contribution in [0.3, 0.4) is 0 Å². The molecule has 1 heterocycles. The fourth-order valence-electron chi connectivity index (χ4n) is 3.85. The van der Waals surface area contributed by atoms with Crippen LogP contribution in [0.5, 0.6) is 0 Å². The Morgan fingerprint density at radius 1 is 1.18 bits per heavy atom. The lowest BCUT2D eigenvalue weighted by molar-refractivity contribution is -0.110. The highest BCUT2D eigenvalue weighted by atomic mass is 32.2. The van der Waals surface area contributed by atoms with E-state index in [1.165, 1.54) is 22.9 Å². The number of anilines is 1. The van der Waals surface area contributed by atoms with Crippen LogP contribution < -0.4 is 10.9 Å². The minimum atomic E-state index is -3.35. The number of oxime groups is 1. The summed E-state index contributed by atoms with van der Waals surface area (Å²) in [6.07, 6.45) is 6.03. The second-order valence-electron chi connectivity index (χ2n) is 8.50. The SMILES string of the molecule is CCO[C@@H]1CC[C@@H](O/N=C(/C(=O)Nc2cn(C)c(=O)cn2)c2ccc(S(=O)(=O)C3CC3)cc2)C1. The molecule has 1 N–H and O–H groups in total. The van der Waals surface area contributed by atoms with E-state index >= 15 is 0 Å². The molecule has 1 amide bonds. The number of carbonyl (C=O) groups excluding carboxylic acids is 1. The fourth-order valence-corrected chi connectivity index (χ4v) is 5.50. The molecule has 2 aliphatic carbocycles. The second kappa shape index (κ2) is 10.1. The van der Waals surface area contributed by atoms with Crippen LogP contribution in [0.25, 0.3) is 0 Å². The molecule has 182 valence electrons. The summed E-state index contributed by atoms with van der Waals surface area (Å²) in [6, 6.07) is 6.06. The molecule has 1 aromatic heterocycles. The zero-order valence-electron chi connectivity index (χ0n) is 19.1. The number of hydrogen-bond acceptors (Lipinski definition) is 8. The molecule has 0 bridgehead atoms. The maximum absolute atomic E-state index is 13.1. The van der Waals surface area contributed by atoms with Crippen LogP contribution in [0, 0.1) is 0 Å². The maximum Gasteiger partial charge on any atom is 0.279 e. The fraction of sp³-hybridized carbons (Fsp3) is 0.478. The van der Waals surface area contributed by atoms with Crippen LogP contribution in [0.4, 0.5) is 5.82 Å². The number of rotatable bonds is 9. The van der Waals surface area contributed by atoms with Crippen molar-refractivity contribution in [3.8, 4) is 0 Å². The van der Waals surface area contributed by atoms with E-state index in [0.29, 0.717) is 31.4 Å². The van der Waals surface area contributed by atoms with Crippen molar-refractivity contribution in [2.24, 2.45) is 12.2 Å². The van der Waals surface area contributed by atoms with Crippen molar-refractivity contribution in [1.29, 1.82) is 0 Å². The molecule has 10 nitrogen and oxygen atoms in total. The first-order valence-electron chi connectivity index (χ1n) is 11.3. The zero-order chi connectivity index (χ0) is 24.3. The van der Waals surface area contributed by atoms with E-state index < -0.39 is 15.7 Å². The summed E-state index contributed by atoms with van der Waals surface area (Å²) >= 11 is 0. The Kier molecular flexibility index (Phi) is 7.13. The van der Waals surface area contributed by atoms with Gasteiger partial charge >= 0.3 is 0 Å². The summed E-state index contributed by atoms with van der Waals surface area (Å²) < 4.78 is 32.0. The van der Waals surface area contributed by atoms with Crippen molar-refractivity contribution in [1.82, 2.24) is 9.55 Å². The van der Waals surface area contributed by atoms with Crippen molar-refractivity contribution in [3.63, 3.8) is 0 Å². The third kappa shape index (κ3) is 5.53. The van der Waals surface area contributed by atoms with Crippen LogP contribution in [0.15, 0.2) is 51.5 Å². The lowest BCUT2D eigenvalue weighted by Gasteiger charge is -2.13. The van der Waals surface area contributed by atoms with E-state index in [1.54, 1.807) is 19.2 Å². The number of benzene rings is 1. The molecular weight excluding hydrogens is 460 g/mol. The first-order valence-corrected chi connectivity index (χ1v) is 12.9. The van der Waals surface area contributed by atoms with Gasteiger partial charge in [0, 0.05) is 31.8 Å². The van der Waals surface area contributed by atoms with Crippen LogP contribution in [0.1, 0.15) is 44.6 Å². The molecule has 2 fully saturated rings. The number of amides is 1. The molecular formula is C23H28N4O6S. The molecule has 11 heteroatoms. The molecule has 2 aromatic rings. The van der Waals surface area contributed by atoms with Crippen LogP contribution in [-0.2, 0) is 31.3 Å². The number of hydrogen-bond donors (Lipinski definition) is 1. The molecule has 34 heavy (non-hydrogen) atoms. The molecule has 0 unspecified atom stereocenters. The van der Waals surface area contributed by atoms with Gasteiger partial charge in [-0.3, -0.25) is 9.59 Å². The molecule has 0 aliphatic heterocycles. The zero-order valence-corrected chi connectivity index (χ0v) is 20.0. The maximum atomic E-state index is 13.1. The first kappa shape index (κ1) is 24.1. The van der Waals surface area contributed by atoms with Gasteiger partial charge < -0.3 is 19.5 Å². The van der Waals surface area contributed by atoms with Crippen molar-refractivity contribution in [2.75, 3.05) is 11.9 Å². The molecule has 0 saturated heterocycles. The molecule has 0 spiro atoms. The minimum Gasteiger partial charge on any atom is -0.392 e. The van der Waals surface area contributed by atoms with E-state index in [2.05, 4.69) is 15.5 Å². The smallest absolute Gasteiger partial charge is 0.279 e. The summed E-state index contributed by atoms with van der Waals surface area (Å²) in [5.41, 5.74) is 0.0649. The van der Waals surface area contributed by atoms with E-state index in [9.17, 15) is 18.0 Å². The van der Waals surface area contributed by atoms with Crippen LogP contribution >= 0.6 is 0 Å². The van der Waals surface area contributed by atoms with Gasteiger partial charge in [0.25, 0.3) is 11.5 Å². The lowest BCUT2D eigenvalue weighted by atomic mass is 10.1. The Morgan fingerprint density at radius 2 is 1.88 bits per heavy atom. The van der Waals surface area contributed by atoms with Gasteiger partial charge in [-0.15, -0.1) is 0 Å². The molecule has 1 aromatic carbocycles. The highest BCUT2D eigenvalue weighted by molar-refractivity contribution is 7.92. The largest absolute Gasteiger partial charge is 0.392 e. The predicted octanol–water partition coefficient (Wildman–Crippen LogP) is 2.03. The van der Waals surface area contributed by atoms with Gasteiger partial charge in [0.05, 0.1) is 22.4 Å². The number of carbonyl (C=O) groups is 1. The third-order valence-corrected chi connectivity index (χ3v) is 8.16. The van der Waals surface area contributed by atoms with Gasteiger partial charge in [-0.05, 0) is 44.7 Å². The van der Waals surface area contributed by atoms with Crippen molar-refractivity contribution in [2.45, 2.75) is 61.4 Å². The van der Waals surface area contributed by atoms with E-state index in [1.807, 2.05) is 6.92 Å². The summed E-state index contributed by atoms with van der Waals surface area (Å²) in [5.74, 6) is -0.423. The van der Waals surface area contributed by atoms with Gasteiger partial charge in [-0.2, -0.15) is 0 Å². The Morgan fingerprint density at radius 3 is 2.53 bits per heavy atom. The molecule has 2 atom stereocenters. The number of nitrogens with zero attached hydrogens (tertiary/aromatic N) is 3. The Balaban J connectivity index is 1.57. The van der Waals surface area contributed by atoms with Gasteiger partial charge in [0.2, 0.25) is 0 Å². The topological polar surface area (TPSA) is 129 Å². The van der Waals surface area contributed by atoms with Crippen LogP contribution in [-0.4, -0.2) is 53.7 Å². The van der Waals surface area contributed by atoms with Gasteiger partial charge in [-0.1, -0.05) is 17.3 Å². The summed E-state index contributed by atoms with van der Waals surface area (Å²) in [7, 11) is -1.80. The number of sulfone groups is 1. The predicted molar refractivity (Wildman–Crippen MR) is 125 cm³/mol. The summed E-state index contributed by atoms with van der Waals surface area (Å²) in [6.45, 7) is 2.56. The monoisotopic (exact) mass is 488 g/mol.